The van der Waals surface area contributed by atoms with Crippen molar-refractivity contribution in [1.29, 1.82) is 0 Å². The van der Waals surface area contributed by atoms with E-state index in [2.05, 4.69) is 20.3 Å². The number of nitrogens with zero attached hydrogens (tertiary/aromatic N) is 4. The second kappa shape index (κ2) is 4.88. The lowest BCUT2D eigenvalue weighted by atomic mass is 10.3. The maximum Gasteiger partial charge on any atom is 0.328 e. The maximum atomic E-state index is 11.1. The molecule has 2 aromatic rings. The molecule has 0 saturated heterocycles. The van der Waals surface area contributed by atoms with Crippen LogP contribution in [0.2, 0.25) is 0 Å². The standard InChI is InChI=1S/C10H12N6O3/c1-5(17)15-6(10(18)19)2-16-4-14-7-8(11)12-3-13-9(7)16/h3-4,6H,2H2,1H3,(H,15,17)(H,18,19)(H2,11,12,13). The molecule has 1 atom stereocenters. The Kier molecular flexibility index (Phi) is 3.27. The van der Waals surface area contributed by atoms with Gasteiger partial charge in [-0.3, -0.25) is 4.79 Å². The van der Waals surface area contributed by atoms with E-state index in [1.165, 1.54) is 24.1 Å². The Bertz CT molecular complexity index is 637. The fraction of sp³-hybridized carbons (Fsp3) is 0.300. The molecule has 0 fully saturated rings. The molecule has 1 amide bonds. The molecule has 0 aliphatic heterocycles. The molecule has 1 unspecified atom stereocenters. The SMILES string of the molecule is CC(=O)NC(Cn1cnc2c(N)ncnc21)C(=O)O. The number of carboxylic acid groups (broad SMARTS) is 1. The first-order valence-electron chi connectivity index (χ1n) is 5.40. The number of aromatic nitrogens is 4. The second-order valence-corrected chi connectivity index (χ2v) is 3.92. The van der Waals surface area contributed by atoms with Crippen LogP contribution in [-0.4, -0.2) is 42.5 Å². The van der Waals surface area contributed by atoms with Crippen molar-refractivity contribution in [3.8, 4) is 0 Å². The number of hydrogen-bond acceptors (Lipinski definition) is 6. The minimum atomic E-state index is -1.14. The topological polar surface area (TPSA) is 136 Å². The van der Waals surface area contributed by atoms with E-state index in [-0.39, 0.29) is 12.4 Å². The van der Waals surface area contributed by atoms with Gasteiger partial charge in [0.1, 0.15) is 17.9 Å². The van der Waals surface area contributed by atoms with Crippen molar-refractivity contribution < 1.29 is 14.7 Å². The summed E-state index contributed by atoms with van der Waals surface area (Å²) in [5.41, 5.74) is 6.45. The summed E-state index contributed by atoms with van der Waals surface area (Å²) in [7, 11) is 0. The van der Waals surface area contributed by atoms with E-state index in [0.29, 0.717) is 11.2 Å². The molecular formula is C10H12N6O3. The predicted octanol–water partition coefficient (Wildman–Crippen LogP) is -1.00. The average molecular weight is 264 g/mol. The van der Waals surface area contributed by atoms with Crippen molar-refractivity contribution in [2.24, 2.45) is 0 Å². The van der Waals surface area contributed by atoms with E-state index in [9.17, 15) is 9.59 Å². The van der Waals surface area contributed by atoms with Crippen LogP contribution in [0.15, 0.2) is 12.7 Å². The third kappa shape index (κ3) is 2.59. The average Bonchev–Trinajstić information content (AvgIpc) is 2.72. The van der Waals surface area contributed by atoms with E-state index >= 15 is 0 Å². The molecule has 0 saturated carbocycles. The highest BCUT2D eigenvalue weighted by Gasteiger charge is 2.20. The van der Waals surface area contributed by atoms with E-state index in [1.54, 1.807) is 0 Å². The number of carbonyl (C=O) groups is 2. The highest BCUT2D eigenvalue weighted by Crippen LogP contribution is 2.14. The fourth-order valence-electron chi connectivity index (χ4n) is 1.66. The first-order chi connectivity index (χ1) is 8.99. The van der Waals surface area contributed by atoms with Crippen LogP contribution in [0.3, 0.4) is 0 Å². The van der Waals surface area contributed by atoms with Crippen LogP contribution in [0.5, 0.6) is 0 Å². The zero-order valence-electron chi connectivity index (χ0n) is 10.1. The quantitative estimate of drug-likeness (QED) is 0.644. The van der Waals surface area contributed by atoms with Crippen LogP contribution in [0.4, 0.5) is 5.82 Å². The summed E-state index contributed by atoms with van der Waals surface area (Å²) in [6.07, 6.45) is 2.68. The zero-order chi connectivity index (χ0) is 14.0. The van der Waals surface area contributed by atoms with Crippen molar-refractivity contribution in [1.82, 2.24) is 24.8 Å². The molecule has 2 rings (SSSR count). The van der Waals surface area contributed by atoms with Crippen molar-refractivity contribution in [3.63, 3.8) is 0 Å². The van der Waals surface area contributed by atoms with E-state index in [0.717, 1.165) is 0 Å². The number of fused-ring (bicyclic) bond motifs is 1. The van der Waals surface area contributed by atoms with Gasteiger partial charge in [-0.1, -0.05) is 0 Å². The Morgan fingerprint density at radius 2 is 2.21 bits per heavy atom. The lowest BCUT2D eigenvalue weighted by Crippen LogP contribution is -2.42. The van der Waals surface area contributed by atoms with Crippen molar-refractivity contribution >= 4 is 28.9 Å². The van der Waals surface area contributed by atoms with Gasteiger partial charge in [0.2, 0.25) is 5.91 Å². The number of nitrogens with one attached hydrogen (secondary N) is 1. The van der Waals surface area contributed by atoms with Gasteiger partial charge in [0.15, 0.2) is 11.5 Å². The normalized spacial score (nSPS) is 12.3. The Balaban J connectivity index is 2.31. The van der Waals surface area contributed by atoms with E-state index in [1.807, 2.05) is 0 Å². The Morgan fingerprint density at radius 1 is 1.47 bits per heavy atom. The molecule has 100 valence electrons. The molecular weight excluding hydrogens is 252 g/mol. The number of hydrogen-bond donors (Lipinski definition) is 3. The summed E-state index contributed by atoms with van der Waals surface area (Å²) in [6.45, 7) is 1.25. The monoisotopic (exact) mass is 264 g/mol. The summed E-state index contributed by atoms with van der Waals surface area (Å²) in [5, 5.41) is 11.4. The maximum absolute atomic E-state index is 11.1. The molecule has 2 aromatic heterocycles. The minimum absolute atomic E-state index is 0.00185. The van der Waals surface area contributed by atoms with Gasteiger partial charge >= 0.3 is 5.97 Å². The third-order valence-electron chi connectivity index (χ3n) is 2.48. The number of anilines is 1. The summed E-state index contributed by atoms with van der Waals surface area (Å²) < 4.78 is 1.50. The highest BCUT2D eigenvalue weighted by molar-refractivity contribution is 5.83. The second-order valence-electron chi connectivity index (χ2n) is 3.92. The van der Waals surface area contributed by atoms with Gasteiger partial charge < -0.3 is 20.7 Å². The van der Waals surface area contributed by atoms with Crippen molar-refractivity contribution in [3.05, 3.63) is 12.7 Å². The molecule has 2 heterocycles. The largest absolute Gasteiger partial charge is 0.480 e. The number of nitrogens with two attached hydrogens (primary N) is 1. The molecule has 0 aliphatic rings. The molecule has 0 aliphatic carbocycles. The van der Waals surface area contributed by atoms with Crippen LogP contribution in [-0.2, 0) is 16.1 Å². The van der Waals surface area contributed by atoms with Gasteiger partial charge in [-0.2, -0.15) is 0 Å². The first kappa shape index (κ1) is 12.7. The summed E-state index contributed by atoms with van der Waals surface area (Å²) >= 11 is 0. The number of nitrogen functional groups attached to an aromatic ring is 1. The van der Waals surface area contributed by atoms with Crippen molar-refractivity contribution in [2.45, 2.75) is 19.5 Å². The molecule has 0 bridgehead atoms. The van der Waals surface area contributed by atoms with Crippen LogP contribution in [0, 0.1) is 0 Å². The van der Waals surface area contributed by atoms with Gasteiger partial charge in [0, 0.05) is 6.92 Å². The van der Waals surface area contributed by atoms with Gasteiger partial charge in [-0.05, 0) is 0 Å². The summed E-state index contributed by atoms with van der Waals surface area (Å²) in [4.78, 5) is 33.8. The molecule has 0 radical (unpaired) electrons. The van der Waals surface area contributed by atoms with E-state index in [4.69, 9.17) is 10.8 Å². The summed E-state index contributed by atoms with van der Waals surface area (Å²) in [6, 6.07) is -1.06. The van der Waals surface area contributed by atoms with Gasteiger partial charge in [-0.25, -0.2) is 19.7 Å². The molecule has 0 aromatic carbocycles. The number of carboxylic acids is 1. The Labute approximate surface area is 107 Å². The Morgan fingerprint density at radius 3 is 2.84 bits per heavy atom. The Hall–Kier alpha value is -2.71. The number of carbonyl (C=O) groups excluding carboxylic acids is 1. The predicted molar refractivity (Wildman–Crippen MR) is 65.0 cm³/mol. The highest BCUT2D eigenvalue weighted by atomic mass is 16.4. The minimum Gasteiger partial charge on any atom is -0.480 e. The van der Waals surface area contributed by atoms with Crippen LogP contribution >= 0.6 is 0 Å². The fourth-order valence-corrected chi connectivity index (χ4v) is 1.66. The van der Waals surface area contributed by atoms with Crippen molar-refractivity contribution in [2.75, 3.05) is 5.73 Å². The van der Waals surface area contributed by atoms with Crippen LogP contribution in [0.1, 0.15) is 6.92 Å². The number of amides is 1. The molecule has 4 N–H and O–H groups in total. The molecule has 0 spiro atoms. The number of rotatable bonds is 4. The summed E-state index contributed by atoms with van der Waals surface area (Å²) in [5.74, 6) is -1.35. The van der Waals surface area contributed by atoms with Crippen LogP contribution < -0.4 is 11.1 Å². The number of imidazole rings is 1. The molecule has 19 heavy (non-hydrogen) atoms. The lowest BCUT2D eigenvalue weighted by Gasteiger charge is -2.13. The van der Waals surface area contributed by atoms with Gasteiger partial charge in [0.05, 0.1) is 12.9 Å². The van der Waals surface area contributed by atoms with Gasteiger partial charge in [0.25, 0.3) is 0 Å². The van der Waals surface area contributed by atoms with E-state index < -0.39 is 17.9 Å². The lowest BCUT2D eigenvalue weighted by molar-refractivity contribution is -0.141. The smallest absolute Gasteiger partial charge is 0.328 e. The molecule has 9 heteroatoms. The molecule has 9 nitrogen and oxygen atoms in total. The van der Waals surface area contributed by atoms with Gasteiger partial charge in [-0.15, -0.1) is 0 Å². The number of aliphatic carboxylic acids is 1. The van der Waals surface area contributed by atoms with Crippen LogP contribution in [0.25, 0.3) is 11.2 Å². The first-order valence-corrected chi connectivity index (χ1v) is 5.40. The third-order valence-corrected chi connectivity index (χ3v) is 2.48. The zero-order valence-corrected chi connectivity index (χ0v) is 10.1.